The number of carbonyl (C=O) groups is 1. The molecule has 1 atom stereocenters. The van der Waals surface area contributed by atoms with Crippen LogP contribution in [-0.2, 0) is 4.79 Å². The van der Waals surface area contributed by atoms with Crippen molar-refractivity contribution in [2.75, 3.05) is 11.9 Å². The summed E-state index contributed by atoms with van der Waals surface area (Å²) in [6.07, 6.45) is -0.767. The van der Waals surface area contributed by atoms with Crippen molar-refractivity contribution in [1.29, 1.82) is 0 Å². The van der Waals surface area contributed by atoms with E-state index in [1.165, 1.54) is 12.1 Å². The van der Waals surface area contributed by atoms with Gasteiger partial charge in [0.15, 0.2) is 0 Å². The average Bonchev–Trinajstić information content (AvgIpc) is 2.34. The van der Waals surface area contributed by atoms with Gasteiger partial charge < -0.3 is 10.4 Å². The molecule has 2 N–H and O–H groups in total. The molecule has 0 heterocycles. The van der Waals surface area contributed by atoms with Crippen LogP contribution in [0.3, 0.4) is 0 Å². The molecule has 19 heavy (non-hydrogen) atoms. The second-order valence-corrected chi connectivity index (χ2v) is 3.72. The standard InChI is InChI=1S/C10H11N3O6/c14-9(15)10(13(18)19,6-7-12(16)17)11-8-4-2-1-3-5-8/h1-5,11H,6-7H2,(H,14,15). The van der Waals surface area contributed by atoms with Crippen LogP contribution in [0.2, 0.25) is 0 Å². The van der Waals surface area contributed by atoms with E-state index < -0.39 is 34.4 Å². The molecule has 0 saturated carbocycles. The minimum Gasteiger partial charge on any atom is -0.474 e. The van der Waals surface area contributed by atoms with Crippen LogP contribution in [0.4, 0.5) is 5.69 Å². The first kappa shape index (κ1) is 14.4. The average molecular weight is 269 g/mol. The summed E-state index contributed by atoms with van der Waals surface area (Å²) in [5, 5.41) is 32.6. The van der Waals surface area contributed by atoms with E-state index in [0.29, 0.717) is 0 Å². The summed E-state index contributed by atoms with van der Waals surface area (Å²) in [4.78, 5) is 30.6. The Morgan fingerprint density at radius 2 is 1.84 bits per heavy atom. The van der Waals surface area contributed by atoms with Crippen LogP contribution in [0.25, 0.3) is 0 Å². The summed E-state index contributed by atoms with van der Waals surface area (Å²) in [6.45, 7) is -0.826. The van der Waals surface area contributed by atoms with Gasteiger partial charge in [-0.05, 0) is 12.1 Å². The monoisotopic (exact) mass is 269 g/mol. The maximum Gasteiger partial charge on any atom is 0.405 e. The van der Waals surface area contributed by atoms with Crippen molar-refractivity contribution < 1.29 is 19.7 Å². The molecule has 1 rings (SSSR count). The molecule has 0 saturated heterocycles. The lowest BCUT2D eigenvalue weighted by Gasteiger charge is -2.21. The molecule has 0 aliphatic rings. The molecule has 0 aliphatic heterocycles. The zero-order valence-electron chi connectivity index (χ0n) is 9.68. The third-order valence-electron chi connectivity index (χ3n) is 2.45. The Kier molecular flexibility index (Phi) is 4.35. The zero-order valence-corrected chi connectivity index (χ0v) is 9.68. The lowest BCUT2D eigenvalue weighted by atomic mass is 10.1. The summed E-state index contributed by atoms with van der Waals surface area (Å²) >= 11 is 0. The number of anilines is 1. The number of hydrogen-bond donors (Lipinski definition) is 2. The Bertz CT molecular complexity index is 475. The van der Waals surface area contributed by atoms with E-state index in [4.69, 9.17) is 5.11 Å². The maximum absolute atomic E-state index is 11.2. The molecule has 102 valence electrons. The Labute approximate surface area is 107 Å². The summed E-state index contributed by atoms with van der Waals surface area (Å²) < 4.78 is 0. The van der Waals surface area contributed by atoms with Gasteiger partial charge in [0, 0.05) is 10.6 Å². The van der Waals surface area contributed by atoms with Gasteiger partial charge in [0.25, 0.3) is 0 Å². The highest BCUT2D eigenvalue weighted by Gasteiger charge is 2.53. The second kappa shape index (κ2) is 5.76. The first-order valence-electron chi connectivity index (χ1n) is 5.21. The number of aliphatic carboxylic acids is 1. The van der Waals surface area contributed by atoms with Crippen molar-refractivity contribution >= 4 is 11.7 Å². The molecule has 0 bridgehead atoms. The van der Waals surface area contributed by atoms with Crippen molar-refractivity contribution in [2.24, 2.45) is 0 Å². The molecule has 0 amide bonds. The molecular formula is C10H11N3O6. The molecular weight excluding hydrogens is 258 g/mol. The molecule has 1 aromatic rings. The van der Waals surface area contributed by atoms with Crippen LogP contribution in [0.1, 0.15) is 6.42 Å². The van der Waals surface area contributed by atoms with E-state index in [-0.39, 0.29) is 5.69 Å². The largest absolute Gasteiger partial charge is 0.474 e. The van der Waals surface area contributed by atoms with E-state index in [1.807, 2.05) is 0 Å². The smallest absolute Gasteiger partial charge is 0.405 e. The number of nitrogens with zero attached hydrogens (tertiary/aromatic N) is 2. The minimum atomic E-state index is -2.62. The lowest BCUT2D eigenvalue weighted by Crippen LogP contribution is -2.54. The van der Waals surface area contributed by atoms with Crippen molar-refractivity contribution in [3.05, 3.63) is 50.6 Å². The number of carboxylic acid groups (broad SMARTS) is 1. The van der Waals surface area contributed by atoms with E-state index in [0.717, 1.165) is 0 Å². The Morgan fingerprint density at radius 3 is 2.26 bits per heavy atom. The van der Waals surface area contributed by atoms with Gasteiger partial charge in [0.1, 0.15) is 6.42 Å². The van der Waals surface area contributed by atoms with Crippen LogP contribution in [0, 0.1) is 20.2 Å². The summed E-state index contributed by atoms with van der Waals surface area (Å²) in [5.74, 6) is -1.77. The number of hydrogen-bond acceptors (Lipinski definition) is 6. The van der Waals surface area contributed by atoms with Gasteiger partial charge in [-0.15, -0.1) is 0 Å². The molecule has 9 nitrogen and oxygen atoms in total. The normalized spacial score (nSPS) is 13.3. The number of benzene rings is 1. The van der Waals surface area contributed by atoms with Crippen LogP contribution < -0.4 is 5.32 Å². The first-order chi connectivity index (χ1) is 8.88. The highest BCUT2D eigenvalue weighted by Crippen LogP contribution is 2.20. The highest BCUT2D eigenvalue weighted by molar-refractivity contribution is 5.80. The first-order valence-corrected chi connectivity index (χ1v) is 5.21. The van der Waals surface area contributed by atoms with E-state index in [2.05, 4.69) is 5.32 Å². The quantitative estimate of drug-likeness (QED) is 0.424. The lowest BCUT2D eigenvalue weighted by molar-refractivity contribution is -0.562. The second-order valence-electron chi connectivity index (χ2n) is 3.72. The van der Waals surface area contributed by atoms with Crippen LogP contribution in [0.15, 0.2) is 30.3 Å². The fraction of sp³-hybridized carbons (Fsp3) is 0.300. The third-order valence-corrected chi connectivity index (χ3v) is 2.45. The topological polar surface area (TPSA) is 136 Å². The molecule has 0 radical (unpaired) electrons. The molecule has 0 spiro atoms. The summed E-state index contributed by atoms with van der Waals surface area (Å²) in [7, 11) is 0. The fourth-order valence-corrected chi connectivity index (χ4v) is 1.45. The highest BCUT2D eigenvalue weighted by atomic mass is 16.6. The number of carboxylic acids is 1. The molecule has 1 aromatic carbocycles. The van der Waals surface area contributed by atoms with Gasteiger partial charge >= 0.3 is 11.6 Å². The van der Waals surface area contributed by atoms with Gasteiger partial charge in [-0.2, -0.15) is 0 Å². The van der Waals surface area contributed by atoms with E-state index >= 15 is 0 Å². The van der Waals surface area contributed by atoms with Crippen molar-refractivity contribution in [3.8, 4) is 0 Å². The van der Waals surface area contributed by atoms with Gasteiger partial charge in [-0.1, -0.05) is 18.2 Å². The number of para-hydroxylation sites is 1. The van der Waals surface area contributed by atoms with Crippen molar-refractivity contribution in [2.45, 2.75) is 12.1 Å². The zero-order chi connectivity index (χ0) is 14.5. The SMILES string of the molecule is O=C(O)C(CC[N+](=O)[O-])(Nc1ccccc1)[N+](=O)[O-]. The predicted molar refractivity (Wildman–Crippen MR) is 63.9 cm³/mol. The predicted octanol–water partition coefficient (Wildman–Crippen LogP) is 0.823. The maximum atomic E-state index is 11.2. The van der Waals surface area contributed by atoms with Crippen LogP contribution in [0.5, 0.6) is 0 Å². The summed E-state index contributed by atoms with van der Waals surface area (Å²) in [5.41, 5.74) is -2.42. The molecule has 1 unspecified atom stereocenters. The fourth-order valence-electron chi connectivity index (χ4n) is 1.45. The van der Waals surface area contributed by atoms with Crippen LogP contribution >= 0.6 is 0 Å². The molecule has 9 heteroatoms. The van der Waals surface area contributed by atoms with E-state index in [9.17, 15) is 25.0 Å². The number of rotatable bonds is 7. The third kappa shape index (κ3) is 3.37. The number of nitrogens with one attached hydrogen (secondary N) is 1. The van der Waals surface area contributed by atoms with Gasteiger partial charge in [-0.3, -0.25) is 20.2 Å². The van der Waals surface area contributed by atoms with Crippen molar-refractivity contribution in [3.63, 3.8) is 0 Å². The molecule has 0 aromatic heterocycles. The van der Waals surface area contributed by atoms with Crippen molar-refractivity contribution in [1.82, 2.24) is 0 Å². The van der Waals surface area contributed by atoms with Gasteiger partial charge in [0.2, 0.25) is 6.54 Å². The molecule has 0 fully saturated rings. The Morgan fingerprint density at radius 1 is 1.26 bits per heavy atom. The van der Waals surface area contributed by atoms with Crippen LogP contribution in [-0.4, -0.2) is 33.1 Å². The van der Waals surface area contributed by atoms with Gasteiger partial charge in [-0.25, -0.2) is 4.79 Å². The van der Waals surface area contributed by atoms with Gasteiger partial charge in [0.05, 0.1) is 4.92 Å². The van der Waals surface area contributed by atoms with E-state index in [1.54, 1.807) is 18.2 Å². The number of nitro groups is 2. The minimum absolute atomic E-state index is 0.199. The Balaban J connectivity index is 3.06. The Hall–Kier alpha value is -2.71. The summed E-state index contributed by atoms with van der Waals surface area (Å²) in [6, 6.07) is 7.64. The molecule has 0 aliphatic carbocycles.